The van der Waals surface area contributed by atoms with Gasteiger partial charge in [-0.1, -0.05) is 0 Å². The van der Waals surface area contributed by atoms with Crippen LogP contribution in [0.2, 0.25) is 0 Å². The highest BCUT2D eigenvalue weighted by molar-refractivity contribution is 4.91. The second-order valence-corrected chi connectivity index (χ2v) is 4.24. The second kappa shape index (κ2) is 4.78. The van der Waals surface area contributed by atoms with Crippen LogP contribution in [0.4, 0.5) is 0 Å². The maximum Gasteiger partial charge on any atom is 0.171 e. The first-order valence-corrected chi connectivity index (χ1v) is 5.86. The molecule has 0 bridgehead atoms. The van der Waals surface area contributed by atoms with E-state index in [1.807, 2.05) is 14.0 Å². The first kappa shape index (κ1) is 11.3. The summed E-state index contributed by atoms with van der Waals surface area (Å²) in [5.74, 6) is -0.340. The van der Waals surface area contributed by atoms with Crippen LogP contribution >= 0.6 is 0 Å². The summed E-state index contributed by atoms with van der Waals surface area (Å²) in [6.07, 6.45) is 3.10. The normalized spacial score (nSPS) is 34.8. The van der Waals surface area contributed by atoms with E-state index in [2.05, 4.69) is 5.32 Å². The Labute approximate surface area is 91.3 Å². The van der Waals surface area contributed by atoms with Crippen molar-refractivity contribution in [1.29, 1.82) is 0 Å². The summed E-state index contributed by atoms with van der Waals surface area (Å²) < 4.78 is 17.2. The van der Waals surface area contributed by atoms with Gasteiger partial charge in [0.15, 0.2) is 5.79 Å². The second-order valence-electron chi connectivity index (χ2n) is 4.24. The third-order valence-electron chi connectivity index (χ3n) is 3.36. The molecule has 1 saturated carbocycles. The topological polar surface area (TPSA) is 39.7 Å². The highest BCUT2D eigenvalue weighted by Crippen LogP contribution is 2.36. The predicted octanol–water partition coefficient (Wildman–Crippen LogP) is 0.906. The SMILES string of the molecule is CCOC1CC2(CCC1NC)OCCO2. The summed E-state index contributed by atoms with van der Waals surface area (Å²) in [5, 5.41) is 3.31. The summed E-state index contributed by atoms with van der Waals surface area (Å²) in [7, 11) is 1.99. The van der Waals surface area contributed by atoms with E-state index in [1.165, 1.54) is 0 Å². The molecule has 2 atom stereocenters. The fourth-order valence-electron chi connectivity index (χ4n) is 2.59. The summed E-state index contributed by atoms with van der Waals surface area (Å²) in [6, 6.07) is 0.434. The summed E-state index contributed by atoms with van der Waals surface area (Å²) >= 11 is 0. The van der Waals surface area contributed by atoms with Crippen LogP contribution in [0, 0.1) is 0 Å². The lowest BCUT2D eigenvalue weighted by Gasteiger charge is -2.40. The molecule has 2 fully saturated rings. The van der Waals surface area contributed by atoms with Crippen LogP contribution in [-0.4, -0.2) is 44.8 Å². The molecule has 1 N–H and O–H groups in total. The number of likely N-dealkylation sites (N-methyl/N-ethyl adjacent to an activating group) is 1. The Kier molecular flexibility index (Phi) is 3.61. The van der Waals surface area contributed by atoms with Crippen molar-refractivity contribution in [2.45, 2.75) is 44.1 Å². The van der Waals surface area contributed by atoms with Crippen LogP contribution < -0.4 is 5.32 Å². The zero-order valence-corrected chi connectivity index (χ0v) is 9.62. The van der Waals surface area contributed by atoms with Gasteiger partial charge in [0, 0.05) is 25.5 Å². The molecule has 1 aliphatic heterocycles. The van der Waals surface area contributed by atoms with Crippen LogP contribution in [0.3, 0.4) is 0 Å². The van der Waals surface area contributed by atoms with Gasteiger partial charge in [0.25, 0.3) is 0 Å². The van der Waals surface area contributed by atoms with Gasteiger partial charge in [0.1, 0.15) is 0 Å². The Morgan fingerprint density at radius 2 is 2.13 bits per heavy atom. The monoisotopic (exact) mass is 215 g/mol. The molecule has 0 aromatic heterocycles. The van der Waals surface area contributed by atoms with E-state index in [0.717, 1.165) is 39.1 Å². The lowest BCUT2D eigenvalue weighted by Crippen LogP contribution is -2.51. The molecule has 1 spiro atoms. The highest BCUT2D eigenvalue weighted by atomic mass is 16.7. The smallest absolute Gasteiger partial charge is 0.171 e. The van der Waals surface area contributed by atoms with Crippen molar-refractivity contribution in [3.8, 4) is 0 Å². The lowest BCUT2D eigenvalue weighted by molar-refractivity contribution is -0.206. The van der Waals surface area contributed by atoms with Crippen molar-refractivity contribution >= 4 is 0 Å². The van der Waals surface area contributed by atoms with E-state index in [-0.39, 0.29) is 11.9 Å². The predicted molar refractivity (Wildman–Crippen MR) is 56.7 cm³/mol. The number of rotatable bonds is 3. The molecular formula is C11H21NO3. The molecule has 0 aromatic rings. The molecule has 0 aromatic carbocycles. The van der Waals surface area contributed by atoms with Crippen LogP contribution in [0.5, 0.6) is 0 Å². The maximum atomic E-state index is 5.75. The Morgan fingerprint density at radius 3 is 2.73 bits per heavy atom. The standard InChI is InChI=1S/C11H21NO3/c1-3-13-10-8-11(14-6-7-15-11)5-4-9(10)12-2/h9-10,12H,3-8H2,1-2H3. The van der Waals surface area contributed by atoms with E-state index in [4.69, 9.17) is 14.2 Å². The highest BCUT2D eigenvalue weighted by Gasteiger charge is 2.45. The van der Waals surface area contributed by atoms with Gasteiger partial charge in [0.2, 0.25) is 0 Å². The van der Waals surface area contributed by atoms with Gasteiger partial charge in [-0.2, -0.15) is 0 Å². The van der Waals surface area contributed by atoms with E-state index < -0.39 is 0 Å². The quantitative estimate of drug-likeness (QED) is 0.759. The third-order valence-corrected chi connectivity index (χ3v) is 3.36. The molecule has 2 aliphatic rings. The minimum absolute atomic E-state index is 0.215. The van der Waals surface area contributed by atoms with Crippen LogP contribution in [0.25, 0.3) is 0 Å². The van der Waals surface area contributed by atoms with Crippen LogP contribution in [-0.2, 0) is 14.2 Å². The van der Waals surface area contributed by atoms with Crippen molar-refractivity contribution in [1.82, 2.24) is 5.32 Å². The average molecular weight is 215 g/mol. The van der Waals surface area contributed by atoms with Gasteiger partial charge in [-0.05, 0) is 20.4 Å². The van der Waals surface area contributed by atoms with Gasteiger partial charge < -0.3 is 19.5 Å². The van der Waals surface area contributed by atoms with Gasteiger partial charge in [-0.3, -0.25) is 0 Å². The number of hydrogen-bond acceptors (Lipinski definition) is 4. The van der Waals surface area contributed by atoms with Crippen LogP contribution in [0.1, 0.15) is 26.2 Å². The summed E-state index contributed by atoms with van der Waals surface area (Å²) in [6.45, 7) is 4.23. The molecule has 1 aliphatic carbocycles. The zero-order valence-electron chi connectivity index (χ0n) is 9.62. The zero-order chi connectivity index (χ0) is 10.7. The van der Waals surface area contributed by atoms with E-state index in [9.17, 15) is 0 Å². The fraction of sp³-hybridized carbons (Fsp3) is 1.00. The number of hydrogen-bond donors (Lipinski definition) is 1. The summed E-state index contributed by atoms with van der Waals surface area (Å²) in [5.41, 5.74) is 0. The Morgan fingerprint density at radius 1 is 1.40 bits per heavy atom. The lowest BCUT2D eigenvalue weighted by atomic mass is 9.87. The van der Waals surface area contributed by atoms with Crippen molar-refractivity contribution in [2.75, 3.05) is 26.9 Å². The van der Waals surface area contributed by atoms with Crippen LogP contribution in [0.15, 0.2) is 0 Å². The van der Waals surface area contributed by atoms with E-state index >= 15 is 0 Å². The number of ether oxygens (including phenoxy) is 3. The van der Waals surface area contributed by atoms with Crippen molar-refractivity contribution < 1.29 is 14.2 Å². The minimum Gasteiger partial charge on any atom is -0.377 e. The van der Waals surface area contributed by atoms with Gasteiger partial charge in [-0.25, -0.2) is 0 Å². The van der Waals surface area contributed by atoms with Crippen molar-refractivity contribution in [3.05, 3.63) is 0 Å². The Hall–Kier alpha value is -0.160. The third kappa shape index (κ3) is 2.33. The van der Waals surface area contributed by atoms with Crippen molar-refractivity contribution in [2.24, 2.45) is 0 Å². The molecular weight excluding hydrogens is 194 g/mol. The molecule has 15 heavy (non-hydrogen) atoms. The minimum atomic E-state index is -0.340. The Bertz CT molecular complexity index is 204. The summed E-state index contributed by atoms with van der Waals surface area (Å²) in [4.78, 5) is 0. The first-order valence-electron chi connectivity index (χ1n) is 5.86. The largest absolute Gasteiger partial charge is 0.377 e. The number of nitrogens with one attached hydrogen (secondary N) is 1. The van der Waals surface area contributed by atoms with E-state index in [0.29, 0.717) is 6.04 Å². The van der Waals surface area contributed by atoms with Gasteiger partial charge in [-0.15, -0.1) is 0 Å². The van der Waals surface area contributed by atoms with Gasteiger partial charge >= 0.3 is 0 Å². The van der Waals surface area contributed by atoms with Crippen molar-refractivity contribution in [3.63, 3.8) is 0 Å². The first-order chi connectivity index (χ1) is 7.29. The molecule has 1 heterocycles. The molecule has 2 unspecified atom stereocenters. The molecule has 0 radical (unpaired) electrons. The van der Waals surface area contributed by atoms with E-state index in [1.54, 1.807) is 0 Å². The molecule has 1 saturated heterocycles. The fourth-order valence-corrected chi connectivity index (χ4v) is 2.59. The molecule has 2 rings (SSSR count). The van der Waals surface area contributed by atoms with Gasteiger partial charge in [0.05, 0.1) is 19.3 Å². The maximum absolute atomic E-state index is 5.75. The molecule has 88 valence electrons. The molecule has 4 heteroatoms. The Balaban J connectivity index is 1.98. The molecule has 4 nitrogen and oxygen atoms in total. The average Bonchev–Trinajstić information content (AvgIpc) is 2.68. The molecule has 0 amide bonds.